The van der Waals surface area contributed by atoms with Crippen LogP contribution >= 0.6 is 11.3 Å². The number of rotatable bonds is 9. The van der Waals surface area contributed by atoms with Gasteiger partial charge in [0.1, 0.15) is 23.3 Å². The van der Waals surface area contributed by atoms with Crippen LogP contribution in [0.25, 0.3) is 0 Å². The maximum absolute atomic E-state index is 13.1. The molecular weight excluding hydrogens is 657 g/mol. The van der Waals surface area contributed by atoms with Crippen LogP contribution in [0.2, 0.25) is 0 Å². The van der Waals surface area contributed by atoms with Crippen LogP contribution in [0.3, 0.4) is 0 Å². The van der Waals surface area contributed by atoms with Crippen LogP contribution in [0, 0.1) is 0 Å². The highest BCUT2D eigenvalue weighted by molar-refractivity contribution is 7.13. The van der Waals surface area contributed by atoms with Gasteiger partial charge >= 0.3 is 12.2 Å². The van der Waals surface area contributed by atoms with E-state index in [9.17, 15) is 19.2 Å². The lowest BCUT2D eigenvalue weighted by atomic mass is 10.1. The van der Waals surface area contributed by atoms with Crippen molar-refractivity contribution >= 4 is 51.8 Å². The van der Waals surface area contributed by atoms with Crippen LogP contribution in [-0.2, 0) is 32.2 Å². The summed E-state index contributed by atoms with van der Waals surface area (Å²) in [6.45, 7) is 13.0. The van der Waals surface area contributed by atoms with Gasteiger partial charge in [0.25, 0.3) is 0 Å². The molecule has 0 bridgehead atoms. The first kappa shape index (κ1) is 36.6. The SMILES string of the molecule is CC(C)(C)OC(=O)N1CCC[C@H]1C(=O)Nc1ccc(CN(Cc2ccc(NC(=O)[C@@H]3CCCN3C(=O)OC(C)(C)C)cc2)c2nccs2)cc1. The molecule has 0 unspecified atom stereocenters. The summed E-state index contributed by atoms with van der Waals surface area (Å²) in [4.78, 5) is 61.3. The number of hydrogen-bond donors (Lipinski definition) is 2. The molecule has 0 aliphatic carbocycles. The minimum atomic E-state index is -0.631. The molecule has 0 spiro atoms. The van der Waals surface area contributed by atoms with E-state index in [0.717, 1.165) is 29.1 Å². The first-order chi connectivity index (χ1) is 23.6. The molecule has 2 saturated heterocycles. The summed E-state index contributed by atoms with van der Waals surface area (Å²) in [6.07, 6.45) is 3.51. The van der Waals surface area contributed by atoms with Crippen LogP contribution < -0.4 is 15.5 Å². The number of amides is 4. The van der Waals surface area contributed by atoms with Gasteiger partial charge in [-0.25, -0.2) is 14.6 Å². The molecule has 50 heavy (non-hydrogen) atoms. The van der Waals surface area contributed by atoms with Gasteiger partial charge in [0.15, 0.2) is 5.13 Å². The van der Waals surface area contributed by atoms with Crippen LogP contribution in [0.15, 0.2) is 60.1 Å². The van der Waals surface area contributed by atoms with Gasteiger partial charge in [-0.05, 0) is 103 Å². The second-order valence-corrected chi connectivity index (χ2v) is 15.6. The summed E-state index contributed by atoms with van der Waals surface area (Å²) in [5.74, 6) is -0.456. The topological polar surface area (TPSA) is 133 Å². The van der Waals surface area contributed by atoms with Crippen LogP contribution in [0.4, 0.5) is 26.1 Å². The van der Waals surface area contributed by atoms with Crippen LogP contribution in [0.1, 0.15) is 78.4 Å². The third-order valence-corrected chi connectivity index (χ3v) is 9.08. The molecule has 2 fully saturated rings. The van der Waals surface area contributed by atoms with Gasteiger partial charge in [0.05, 0.1) is 0 Å². The Labute approximate surface area is 298 Å². The van der Waals surface area contributed by atoms with Crippen molar-refractivity contribution in [2.24, 2.45) is 0 Å². The Morgan fingerprint density at radius 2 is 1.16 bits per heavy atom. The number of nitrogens with zero attached hydrogens (tertiary/aromatic N) is 4. The van der Waals surface area contributed by atoms with Gasteiger partial charge in [-0.15, -0.1) is 11.3 Å². The summed E-state index contributed by atoms with van der Waals surface area (Å²) < 4.78 is 11.0. The molecule has 5 rings (SSSR count). The summed E-state index contributed by atoms with van der Waals surface area (Å²) in [5.41, 5.74) is 2.11. The number of hydrogen-bond acceptors (Lipinski definition) is 9. The molecule has 1 aromatic heterocycles. The van der Waals surface area contributed by atoms with E-state index in [1.165, 1.54) is 9.80 Å². The van der Waals surface area contributed by atoms with Crippen molar-refractivity contribution in [1.29, 1.82) is 0 Å². The molecule has 3 heterocycles. The summed E-state index contributed by atoms with van der Waals surface area (Å²) in [5, 5.41) is 8.73. The number of ether oxygens (including phenoxy) is 2. The Balaban J connectivity index is 1.18. The fourth-order valence-electron chi connectivity index (χ4n) is 6.00. The second kappa shape index (κ2) is 15.5. The van der Waals surface area contributed by atoms with Gasteiger partial charge in [0.2, 0.25) is 11.8 Å². The lowest BCUT2D eigenvalue weighted by Crippen LogP contribution is -2.45. The third-order valence-electron chi connectivity index (χ3n) is 8.25. The van der Waals surface area contributed by atoms with Crippen molar-refractivity contribution in [2.75, 3.05) is 28.6 Å². The van der Waals surface area contributed by atoms with E-state index in [-0.39, 0.29) is 11.8 Å². The van der Waals surface area contributed by atoms with Crippen LogP contribution in [-0.4, -0.2) is 75.2 Å². The molecule has 0 saturated carbocycles. The van der Waals surface area contributed by atoms with Crippen molar-refractivity contribution in [2.45, 2.75) is 104 Å². The van der Waals surface area contributed by atoms with Gasteiger partial charge in [-0.3, -0.25) is 19.4 Å². The molecule has 2 aliphatic heterocycles. The molecule has 0 radical (unpaired) electrons. The molecule has 2 N–H and O–H groups in total. The maximum atomic E-state index is 13.1. The maximum Gasteiger partial charge on any atom is 0.410 e. The average Bonchev–Trinajstić information content (AvgIpc) is 3.83. The largest absolute Gasteiger partial charge is 0.444 e. The van der Waals surface area contributed by atoms with E-state index in [1.807, 2.05) is 95.5 Å². The van der Waals surface area contributed by atoms with E-state index >= 15 is 0 Å². The zero-order valence-electron chi connectivity index (χ0n) is 29.7. The van der Waals surface area contributed by atoms with E-state index in [2.05, 4.69) is 20.5 Å². The standard InChI is InChI=1S/C37H48N6O6S/c1-36(2,3)48-34(46)42-20-7-9-29(42)31(44)39-27-15-11-25(12-16-27)23-41(33-38-19-22-50-33)24-26-13-17-28(18-14-26)40-32(45)30-10-8-21-43(30)35(47)49-37(4,5)6/h11-19,22,29-30H,7-10,20-21,23-24H2,1-6H3,(H,39,44)(H,40,45)/t29-,30-/m0/s1. The highest BCUT2D eigenvalue weighted by atomic mass is 32.1. The normalized spacial score (nSPS) is 17.7. The number of nitrogens with one attached hydrogen (secondary N) is 2. The molecule has 4 amide bonds. The highest BCUT2D eigenvalue weighted by Gasteiger charge is 2.38. The number of benzene rings is 2. The number of anilines is 3. The molecule has 2 aliphatic rings. The number of carbonyl (C=O) groups is 4. The monoisotopic (exact) mass is 704 g/mol. The molecule has 268 valence electrons. The average molecular weight is 705 g/mol. The smallest absolute Gasteiger partial charge is 0.410 e. The molecule has 2 atom stereocenters. The highest BCUT2D eigenvalue weighted by Crippen LogP contribution is 2.26. The predicted molar refractivity (Wildman–Crippen MR) is 194 cm³/mol. The van der Waals surface area contributed by atoms with E-state index < -0.39 is 35.5 Å². The fourth-order valence-corrected chi connectivity index (χ4v) is 6.64. The number of aromatic nitrogens is 1. The van der Waals surface area contributed by atoms with Crippen molar-refractivity contribution in [1.82, 2.24) is 14.8 Å². The first-order valence-corrected chi connectivity index (χ1v) is 18.0. The summed E-state index contributed by atoms with van der Waals surface area (Å²) >= 11 is 1.55. The quantitative estimate of drug-likeness (QED) is 0.243. The molecule has 3 aromatic rings. The Bertz CT molecular complexity index is 1530. The Morgan fingerprint density at radius 3 is 1.52 bits per heavy atom. The van der Waals surface area contributed by atoms with Crippen LogP contribution in [0.5, 0.6) is 0 Å². The molecule has 13 heteroatoms. The molecular formula is C37H48N6O6S. The Morgan fingerprint density at radius 1 is 0.740 bits per heavy atom. The van der Waals surface area contributed by atoms with Gasteiger partial charge in [0, 0.05) is 49.1 Å². The van der Waals surface area contributed by atoms with Crippen molar-refractivity contribution in [3.8, 4) is 0 Å². The summed E-state index contributed by atoms with van der Waals surface area (Å²) in [7, 11) is 0. The number of carbonyl (C=O) groups excluding carboxylic acids is 4. The predicted octanol–water partition coefficient (Wildman–Crippen LogP) is 7.03. The minimum Gasteiger partial charge on any atom is -0.444 e. The van der Waals surface area contributed by atoms with Crippen molar-refractivity contribution < 1.29 is 28.7 Å². The van der Waals surface area contributed by atoms with E-state index in [1.54, 1.807) is 17.5 Å². The molecule has 2 aromatic carbocycles. The fraction of sp³-hybridized carbons (Fsp3) is 0.486. The minimum absolute atomic E-state index is 0.228. The Kier molecular flexibility index (Phi) is 11.3. The van der Waals surface area contributed by atoms with E-state index in [0.29, 0.717) is 50.4 Å². The zero-order valence-corrected chi connectivity index (χ0v) is 30.5. The lowest BCUT2D eigenvalue weighted by Gasteiger charge is -2.28. The third kappa shape index (κ3) is 9.96. The van der Waals surface area contributed by atoms with Crippen molar-refractivity contribution in [3.05, 3.63) is 71.2 Å². The first-order valence-electron chi connectivity index (χ1n) is 17.1. The second-order valence-electron chi connectivity index (χ2n) is 14.7. The zero-order chi connectivity index (χ0) is 36.1. The van der Waals surface area contributed by atoms with Crippen molar-refractivity contribution in [3.63, 3.8) is 0 Å². The number of likely N-dealkylation sites (tertiary alicyclic amines) is 2. The summed E-state index contributed by atoms with van der Waals surface area (Å²) in [6, 6.07) is 14.2. The van der Waals surface area contributed by atoms with Gasteiger partial charge < -0.3 is 25.0 Å². The Hall–Kier alpha value is -4.65. The number of thiazole rings is 1. The van der Waals surface area contributed by atoms with E-state index in [4.69, 9.17) is 9.47 Å². The van der Waals surface area contributed by atoms with Gasteiger partial charge in [-0.2, -0.15) is 0 Å². The molecule has 12 nitrogen and oxygen atoms in total. The lowest BCUT2D eigenvalue weighted by molar-refractivity contribution is -0.121. The van der Waals surface area contributed by atoms with Gasteiger partial charge in [-0.1, -0.05) is 24.3 Å².